The Morgan fingerprint density at radius 1 is 1.48 bits per heavy atom. The van der Waals surface area contributed by atoms with Crippen LogP contribution >= 0.6 is 0 Å². The Labute approximate surface area is 123 Å². The maximum Gasteiger partial charge on any atom is 0.234 e. The lowest BCUT2D eigenvalue weighted by Gasteiger charge is -2.44. The van der Waals surface area contributed by atoms with Gasteiger partial charge in [-0.25, -0.2) is 4.39 Å². The third kappa shape index (κ3) is 2.84. The van der Waals surface area contributed by atoms with Crippen LogP contribution in [0.15, 0.2) is 29.4 Å². The minimum Gasteiger partial charge on any atom is -0.409 e. The van der Waals surface area contributed by atoms with E-state index in [4.69, 9.17) is 10.9 Å². The highest BCUT2D eigenvalue weighted by Crippen LogP contribution is 2.46. The van der Waals surface area contributed by atoms with E-state index in [1.165, 1.54) is 12.1 Å². The summed E-state index contributed by atoms with van der Waals surface area (Å²) in [5.74, 6) is -0.271. The van der Waals surface area contributed by atoms with Crippen LogP contribution in [0.2, 0.25) is 0 Å². The smallest absolute Gasteiger partial charge is 0.234 e. The molecule has 1 aromatic carbocycles. The van der Waals surface area contributed by atoms with Gasteiger partial charge in [-0.05, 0) is 43.4 Å². The molecule has 0 spiro atoms. The number of carbonyl (C=O) groups is 1. The van der Waals surface area contributed by atoms with Gasteiger partial charge in [-0.2, -0.15) is 0 Å². The van der Waals surface area contributed by atoms with Crippen molar-refractivity contribution >= 4 is 11.7 Å². The number of benzene rings is 1. The molecule has 0 aromatic heterocycles. The summed E-state index contributed by atoms with van der Waals surface area (Å²) in [6.45, 7) is 3.83. The third-order valence-corrected chi connectivity index (χ3v) is 4.14. The fourth-order valence-corrected chi connectivity index (χ4v) is 2.91. The van der Waals surface area contributed by atoms with Crippen molar-refractivity contribution in [3.05, 3.63) is 35.6 Å². The molecule has 0 radical (unpaired) electrons. The molecule has 1 unspecified atom stereocenters. The van der Waals surface area contributed by atoms with E-state index < -0.39 is 5.41 Å². The fraction of sp³-hybridized carbons (Fsp3) is 0.467. The van der Waals surface area contributed by atoms with Gasteiger partial charge in [0.1, 0.15) is 11.2 Å². The number of amides is 1. The van der Waals surface area contributed by atoms with Crippen molar-refractivity contribution in [3.63, 3.8) is 0 Å². The molecule has 21 heavy (non-hydrogen) atoms. The van der Waals surface area contributed by atoms with Crippen molar-refractivity contribution in [2.75, 3.05) is 0 Å². The lowest BCUT2D eigenvalue weighted by atomic mass is 9.61. The lowest BCUT2D eigenvalue weighted by molar-refractivity contribution is -0.133. The Kier molecular flexibility index (Phi) is 4.16. The quantitative estimate of drug-likeness (QED) is 0.344. The molecular formula is C15H20FN3O2. The normalized spacial score (nSPS) is 26.8. The van der Waals surface area contributed by atoms with Gasteiger partial charge < -0.3 is 16.3 Å². The Hall–Kier alpha value is -2.11. The molecule has 1 aliphatic rings. The maximum absolute atomic E-state index is 12.9. The molecular weight excluding hydrogens is 273 g/mol. The van der Waals surface area contributed by atoms with Gasteiger partial charge >= 0.3 is 0 Å². The number of nitrogens with two attached hydrogens (primary N) is 1. The Bertz CT molecular complexity index is 551. The van der Waals surface area contributed by atoms with Crippen LogP contribution in [0.3, 0.4) is 0 Å². The predicted molar refractivity (Wildman–Crippen MR) is 77.2 cm³/mol. The summed E-state index contributed by atoms with van der Waals surface area (Å²) in [5.41, 5.74) is 5.57. The highest BCUT2D eigenvalue weighted by molar-refractivity contribution is 6.07. The molecule has 1 aliphatic carbocycles. The van der Waals surface area contributed by atoms with Gasteiger partial charge in [-0.1, -0.05) is 24.2 Å². The second-order valence-electron chi connectivity index (χ2n) is 5.83. The summed E-state index contributed by atoms with van der Waals surface area (Å²) in [6.07, 6.45) is 1.12. The number of nitrogens with one attached hydrogen (secondary N) is 1. The molecule has 0 saturated heterocycles. The van der Waals surface area contributed by atoms with Crippen LogP contribution in [0.1, 0.15) is 38.3 Å². The van der Waals surface area contributed by atoms with Crippen LogP contribution in [0.5, 0.6) is 0 Å². The minimum atomic E-state index is -0.928. The summed E-state index contributed by atoms with van der Waals surface area (Å²) in [6, 6.07) is 5.67. The number of hydrogen-bond acceptors (Lipinski definition) is 3. The number of rotatable bonds is 4. The zero-order chi connectivity index (χ0) is 15.6. The van der Waals surface area contributed by atoms with Crippen molar-refractivity contribution in [1.82, 2.24) is 5.32 Å². The molecule has 0 heterocycles. The van der Waals surface area contributed by atoms with Crippen LogP contribution < -0.4 is 11.1 Å². The molecule has 1 aromatic rings. The van der Waals surface area contributed by atoms with Crippen molar-refractivity contribution < 1.29 is 14.4 Å². The van der Waals surface area contributed by atoms with E-state index in [0.717, 1.165) is 5.56 Å². The molecule has 1 atom stereocenters. The van der Waals surface area contributed by atoms with Gasteiger partial charge in [0.2, 0.25) is 5.91 Å². The summed E-state index contributed by atoms with van der Waals surface area (Å²) in [4.78, 5) is 12.5. The lowest BCUT2D eigenvalue weighted by Crippen LogP contribution is -2.57. The summed E-state index contributed by atoms with van der Waals surface area (Å²) in [7, 11) is 0. The van der Waals surface area contributed by atoms with Crippen LogP contribution in [-0.4, -0.2) is 17.0 Å². The molecule has 0 bridgehead atoms. The van der Waals surface area contributed by atoms with Gasteiger partial charge in [0.25, 0.3) is 0 Å². The first-order chi connectivity index (χ1) is 9.89. The average molecular weight is 293 g/mol. The number of carbonyl (C=O) groups excluding carboxylic acids is 1. The van der Waals surface area contributed by atoms with Gasteiger partial charge in [0.05, 0.1) is 6.04 Å². The number of nitrogens with zero attached hydrogens (tertiary/aromatic N) is 1. The SMILES string of the molecule is CC1CC(C(=O)NC(C)c2ccc(F)cc2)(/C(N)=N/O)C1. The molecule has 6 heteroatoms. The number of amidine groups is 1. The summed E-state index contributed by atoms with van der Waals surface area (Å²) < 4.78 is 12.9. The molecule has 5 nitrogen and oxygen atoms in total. The van der Waals surface area contributed by atoms with Crippen molar-refractivity contribution in [2.24, 2.45) is 22.2 Å². The summed E-state index contributed by atoms with van der Waals surface area (Å²) in [5, 5.41) is 14.8. The van der Waals surface area contributed by atoms with E-state index >= 15 is 0 Å². The first-order valence-electron chi connectivity index (χ1n) is 6.93. The molecule has 0 aliphatic heterocycles. The standard InChI is InChI=1S/C15H20FN3O2/c1-9-7-15(8-9,13(17)19-21)14(20)18-10(2)11-3-5-12(16)6-4-11/h3-6,9-10,21H,7-8H2,1-2H3,(H2,17,19)(H,18,20). The highest BCUT2D eigenvalue weighted by atomic mass is 19.1. The Morgan fingerprint density at radius 2 is 2.05 bits per heavy atom. The van der Waals surface area contributed by atoms with Gasteiger partial charge in [-0.15, -0.1) is 0 Å². The Morgan fingerprint density at radius 3 is 2.52 bits per heavy atom. The number of oxime groups is 1. The van der Waals surface area contributed by atoms with E-state index in [-0.39, 0.29) is 23.6 Å². The van der Waals surface area contributed by atoms with Crippen LogP contribution in [-0.2, 0) is 4.79 Å². The zero-order valence-electron chi connectivity index (χ0n) is 12.1. The average Bonchev–Trinajstić information content (AvgIpc) is 2.43. The molecule has 1 fully saturated rings. The van der Waals surface area contributed by atoms with Crippen LogP contribution in [0.25, 0.3) is 0 Å². The second kappa shape index (κ2) is 5.71. The molecule has 2 rings (SSSR count). The van der Waals surface area contributed by atoms with E-state index in [9.17, 15) is 9.18 Å². The van der Waals surface area contributed by atoms with E-state index in [1.807, 2.05) is 13.8 Å². The molecule has 1 saturated carbocycles. The van der Waals surface area contributed by atoms with E-state index in [1.54, 1.807) is 12.1 Å². The van der Waals surface area contributed by atoms with E-state index in [2.05, 4.69) is 10.5 Å². The molecule has 1 amide bonds. The maximum atomic E-state index is 12.9. The minimum absolute atomic E-state index is 0.0515. The van der Waals surface area contributed by atoms with Crippen LogP contribution in [0.4, 0.5) is 4.39 Å². The van der Waals surface area contributed by atoms with Gasteiger partial charge in [-0.3, -0.25) is 4.79 Å². The van der Waals surface area contributed by atoms with Crippen LogP contribution in [0, 0.1) is 17.2 Å². The monoisotopic (exact) mass is 293 g/mol. The predicted octanol–water partition coefficient (Wildman–Crippen LogP) is 2.17. The first-order valence-corrected chi connectivity index (χ1v) is 6.93. The fourth-order valence-electron chi connectivity index (χ4n) is 2.91. The Balaban J connectivity index is 2.11. The zero-order valence-corrected chi connectivity index (χ0v) is 12.1. The third-order valence-electron chi connectivity index (χ3n) is 4.14. The number of hydrogen-bond donors (Lipinski definition) is 3. The topological polar surface area (TPSA) is 87.7 Å². The first kappa shape index (κ1) is 15.3. The van der Waals surface area contributed by atoms with E-state index in [0.29, 0.717) is 18.8 Å². The van der Waals surface area contributed by atoms with Crippen molar-refractivity contribution in [3.8, 4) is 0 Å². The summed E-state index contributed by atoms with van der Waals surface area (Å²) >= 11 is 0. The highest BCUT2D eigenvalue weighted by Gasteiger charge is 2.52. The molecule has 4 N–H and O–H groups in total. The largest absolute Gasteiger partial charge is 0.409 e. The number of halogens is 1. The second-order valence-corrected chi connectivity index (χ2v) is 5.83. The van der Waals surface area contributed by atoms with Crippen molar-refractivity contribution in [1.29, 1.82) is 0 Å². The van der Waals surface area contributed by atoms with Gasteiger partial charge in [0.15, 0.2) is 5.84 Å². The van der Waals surface area contributed by atoms with Crippen molar-refractivity contribution in [2.45, 2.75) is 32.7 Å². The molecule has 114 valence electrons. The van der Waals surface area contributed by atoms with Gasteiger partial charge in [0, 0.05) is 0 Å².